The van der Waals surface area contributed by atoms with Crippen molar-refractivity contribution in [2.75, 3.05) is 6.61 Å². The van der Waals surface area contributed by atoms with E-state index in [0.717, 1.165) is 5.69 Å². The Kier molecular flexibility index (Phi) is 2.68. The number of carbonyl (C=O) groups is 1. The molecule has 1 aromatic heterocycles. The Labute approximate surface area is 64.2 Å². The van der Waals surface area contributed by atoms with E-state index in [1.165, 1.54) is 0 Å². The van der Waals surface area contributed by atoms with E-state index in [0.29, 0.717) is 6.54 Å². The zero-order valence-electron chi connectivity index (χ0n) is 6.00. The van der Waals surface area contributed by atoms with Crippen molar-refractivity contribution in [3.63, 3.8) is 0 Å². The molecule has 1 rings (SSSR count). The summed E-state index contributed by atoms with van der Waals surface area (Å²) in [5.74, 6) is -0.361. The number of amides is 1. The van der Waals surface area contributed by atoms with E-state index in [9.17, 15) is 4.79 Å². The summed E-state index contributed by atoms with van der Waals surface area (Å²) in [6.07, 6.45) is 1.78. The van der Waals surface area contributed by atoms with Crippen LogP contribution in [0.1, 0.15) is 5.69 Å². The second kappa shape index (κ2) is 3.78. The van der Waals surface area contributed by atoms with Crippen LogP contribution in [0.4, 0.5) is 0 Å². The second-order valence-electron chi connectivity index (χ2n) is 2.13. The first-order valence-electron chi connectivity index (χ1n) is 3.33. The fourth-order valence-corrected chi connectivity index (χ4v) is 0.727. The molecule has 4 nitrogen and oxygen atoms in total. The third kappa shape index (κ3) is 2.43. The van der Waals surface area contributed by atoms with Crippen LogP contribution in [0.25, 0.3) is 0 Å². The van der Waals surface area contributed by atoms with Gasteiger partial charge in [-0.2, -0.15) is 0 Å². The number of aliphatic hydroxyl groups excluding tert-OH is 1. The summed E-state index contributed by atoms with van der Waals surface area (Å²) < 4.78 is 0. The van der Waals surface area contributed by atoms with E-state index in [1.807, 2.05) is 12.1 Å². The number of aromatic amines is 1. The Morgan fingerprint density at radius 2 is 2.55 bits per heavy atom. The van der Waals surface area contributed by atoms with Gasteiger partial charge in [0.2, 0.25) is 5.91 Å². The highest BCUT2D eigenvalue weighted by Gasteiger charge is 1.97. The van der Waals surface area contributed by atoms with Gasteiger partial charge < -0.3 is 15.4 Å². The molecule has 1 amide bonds. The minimum atomic E-state index is -0.458. The largest absolute Gasteiger partial charge is 0.387 e. The number of aromatic nitrogens is 1. The zero-order chi connectivity index (χ0) is 8.10. The Balaban J connectivity index is 2.29. The minimum Gasteiger partial charge on any atom is -0.387 e. The molecule has 0 aliphatic heterocycles. The van der Waals surface area contributed by atoms with E-state index in [1.54, 1.807) is 6.20 Å². The lowest BCUT2D eigenvalue weighted by Gasteiger charge is -1.99. The molecule has 0 saturated heterocycles. The topological polar surface area (TPSA) is 65.1 Å². The second-order valence-corrected chi connectivity index (χ2v) is 2.13. The van der Waals surface area contributed by atoms with E-state index in [4.69, 9.17) is 5.11 Å². The monoisotopic (exact) mass is 154 g/mol. The summed E-state index contributed by atoms with van der Waals surface area (Å²) in [6, 6.07) is 3.71. The molecule has 60 valence electrons. The molecular formula is C7H10N2O2. The standard InChI is InChI=1S/C7H10N2O2/c10-5-7(11)9-4-6-2-1-3-8-6/h1-3,8,10H,4-5H2,(H,9,11). The van der Waals surface area contributed by atoms with Crippen LogP contribution in [0, 0.1) is 0 Å². The summed E-state index contributed by atoms with van der Waals surface area (Å²) in [5, 5.41) is 10.9. The molecule has 0 bridgehead atoms. The van der Waals surface area contributed by atoms with E-state index in [2.05, 4.69) is 10.3 Å². The number of H-pyrrole nitrogens is 1. The number of rotatable bonds is 3. The Morgan fingerprint density at radius 3 is 3.09 bits per heavy atom. The van der Waals surface area contributed by atoms with Crippen LogP contribution in [0.5, 0.6) is 0 Å². The van der Waals surface area contributed by atoms with Crippen LogP contribution >= 0.6 is 0 Å². The molecule has 11 heavy (non-hydrogen) atoms. The molecule has 0 radical (unpaired) electrons. The molecule has 1 heterocycles. The average Bonchev–Trinajstić information content (AvgIpc) is 2.52. The van der Waals surface area contributed by atoms with Crippen LogP contribution < -0.4 is 5.32 Å². The maximum Gasteiger partial charge on any atom is 0.246 e. The third-order valence-corrected chi connectivity index (χ3v) is 1.28. The third-order valence-electron chi connectivity index (χ3n) is 1.28. The maximum absolute atomic E-state index is 10.5. The Hall–Kier alpha value is -1.29. The number of aliphatic hydroxyl groups is 1. The summed E-state index contributed by atoms with van der Waals surface area (Å²) in [6.45, 7) is -0.0207. The van der Waals surface area contributed by atoms with Crippen molar-refractivity contribution < 1.29 is 9.90 Å². The van der Waals surface area contributed by atoms with Crippen molar-refractivity contribution in [1.82, 2.24) is 10.3 Å². The molecule has 0 atom stereocenters. The number of nitrogens with one attached hydrogen (secondary N) is 2. The summed E-state index contributed by atoms with van der Waals surface area (Å²) in [4.78, 5) is 13.5. The number of hydrogen-bond acceptors (Lipinski definition) is 2. The Morgan fingerprint density at radius 1 is 1.73 bits per heavy atom. The van der Waals surface area contributed by atoms with Gasteiger partial charge in [-0.05, 0) is 12.1 Å². The molecule has 4 heteroatoms. The molecule has 1 aromatic rings. The van der Waals surface area contributed by atoms with Gasteiger partial charge in [-0.15, -0.1) is 0 Å². The minimum absolute atomic E-state index is 0.361. The van der Waals surface area contributed by atoms with Crippen molar-refractivity contribution >= 4 is 5.91 Å². The molecular weight excluding hydrogens is 144 g/mol. The van der Waals surface area contributed by atoms with E-state index < -0.39 is 6.61 Å². The average molecular weight is 154 g/mol. The molecule has 3 N–H and O–H groups in total. The maximum atomic E-state index is 10.5. The lowest BCUT2D eigenvalue weighted by Crippen LogP contribution is -2.25. The van der Waals surface area contributed by atoms with Gasteiger partial charge in [0.25, 0.3) is 0 Å². The SMILES string of the molecule is O=C(CO)NCc1ccc[nH]1. The van der Waals surface area contributed by atoms with Crippen molar-refractivity contribution in [1.29, 1.82) is 0 Å². The molecule has 0 saturated carbocycles. The fraction of sp³-hybridized carbons (Fsp3) is 0.286. The van der Waals surface area contributed by atoms with E-state index >= 15 is 0 Å². The van der Waals surface area contributed by atoms with Crippen molar-refractivity contribution in [3.8, 4) is 0 Å². The van der Waals surface area contributed by atoms with Gasteiger partial charge in [-0.3, -0.25) is 4.79 Å². The highest BCUT2D eigenvalue weighted by atomic mass is 16.3. The van der Waals surface area contributed by atoms with Gasteiger partial charge >= 0.3 is 0 Å². The van der Waals surface area contributed by atoms with E-state index in [-0.39, 0.29) is 5.91 Å². The van der Waals surface area contributed by atoms with Crippen LogP contribution in [0.3, 0.4) is 0 Å². The van der Waals surface area contributed by atoms with Gasteiger partial charge in [0.1, 0.15) is 6.61 Å². The number of hydrogen-bond donors (Lipinski definition) is 3. The van der Waals surface area contributed by atoms with Crippen molar-refractivity contribution in [2.24, 2.45) is 0 Å². The van der Waals surface area contributed by atoms with Gasteiger partial charge in [0.05, 0.1) is 6.54 Å². The molecule has 0 spiro atoms. The van der Waals surface area contributed by atoms with Gasteiger partial charge in [-0.1, -0.05) is 0 Å². The first kappa shape index (κ1) is 7.81. The first-order chi connectivity index (χ1) is 5.33. The van der Waals surface area contributed by atoms with Crippen molar-refractivity contribution in [3.05, 3.63) is 24.0 Å². The summed E-state index contributed by atoms with van der Waals surface area (Å²) >= 11 is 0. The summed E-state index contributed by atoms with van der Waals surface area (Å²) in [7, 11) is 0. The van der Waals surface area contributed by atoms with Crippen LogP contribution in [0.2, 0.25) is 0 Å². The fourth-order valence-electron chi connectivity index (χ4n) is 0.727. The summed E-state index contributed by atoms with van der Waals surface area (Å²) in [5.41, 5.74) is 0.923. The molecule has 0 aromatic carbocycles. The van der Waals surface area contributed by atoms with Crippen LogP contribution in [-0.2, 0) is 11.3 Å². The van der Waals surface area contributed by atoms with Crippen molar-refractivity contribution in [2.45, 2.75) is 6.54 Å². The first-order valence-corrected chi connectivity index (χ1v) is 3.33. The quantitative estimate of drug-likeness (QED) is 0.555. The molecule has 0 aliphatic carbocycles. The van der Waals surface area contributed by atoms with Crippen LogP contribution in [0.15, 0.2) is 18.3 Å². The predicted octanol–water partition coefficient (Wildman–Crippen LogP) is -0.377. The van der Waals surface area contributed by atoms with Crippen LogP contribution in [-0.4, -0.2) is 22.6 Å². The number of carbonyl (C=O) groups excluding carboxylic acids is 1. The lowest BCUT2D eigenvalue weighted by molar-refractivity contribution is -0.123. The highest BCUT2D eigenvalue weighted by Crippen LogP contribution is 1.91. The normalized spacial score (nSPS) is 9.55. The highest BCUT2D eigenvalue weighted by molar-refractivity contribution is 5.76. The van der Waals surface area contributed by atoms with Gasteiger partial charge in [0.15, 0.2) is 0 Å². The molecule has 0 aliphatic rings. The lowest BCUT2D eigenvalue weighted by atomic mass is 10.4. The molecule has 0 fully saturated rings. The zero-order valence-corrected chi connectivity index (χ0v) is 6.00. The van der Waals surface area contributed by atoms with Gasteiger partial charge in [0, 0.05) is 11.9 Å². The molecule has 0 unspecified atom stereocenters. The van der Waals surface area contributed by atoms with Gasteiger partial charge in [-0.25, -0.2) is 0 Å². The predicted molar refractivity (Wildman–Crippen MR) is 39.7 cm³/mol. The Bertz CT molecular complexity index is 218. The smallest absolute Gasteiger partial charge is 0.246 e.